The van der Waals surface area contributed by atoms with Crippen LogP contribution in [0.2, 0.25) is 0 Å². The van der Waals surface area contributed by atoms with Gasteiger partial charge in [-0.3, -0.25) is 14.4 Å². The fraction of sp³-hybridized carbons (Fsp3) is 0.714. The fourth-order valence-corrected chi connectivity index (χ4v) is 3.26. The van der Waals surface area contributed by atoms with Crippen LogP contribution in [-0.2, 0) is 17.9 Å². The molecule has 0 aliphatic carbocycles. The first-order valence-corrected chi connectivity index (χ1v) is 7.45. The van der Waals surface area contributed by atoms with E-state index in [2.05, 4.69) is 26.1 Å². The van der Waals surface area contributed by atoms with Crippen molar-refractivity contribution in [3.63, 3.8) is 0 Å². The van der Waals surface area contributed by atoms with Gasteiger partial charge in [-0.15, -0.1) is 0 Å². The lowest BCUT2D eigenvalue weighted by Gasteiger charge is -2.40. The minimum atomic E-state index is 0.225. The molecule has 3 rings (SSSR count). The predicted molar refractivity (Wildman–Crippen MR) is 76.2 cm³/mol. The molecule has 3 heterocycles. The van der Waals surface area contributed by atoms with E-state index in [1.165, 1.54) is 5.69 Å². The number of fused-ring (bicyclic) bond motifs is 1. The lowest BCUT2D eigenvalue weighted by atomic mass is 10.0. The highest BCUT2D eigenvalue weighted by atomic mass is 16.2. The van der Waals surface area contributed by atoms with Gasteiger partial charge in [0.05, 0.1) is 18.8 Å². The summed E-state index contributed by atoms with van der Waals surface area (Å²) in [6.07, 6.45) is 4.06. The summed E-state index contributed by atoms with van der Waals surface area (Å²) in [6.45, 7) is 5.29. The van der Waals surface area contributed by atoms with Crippen LogP contribution in [0.1, 0.15) is 18.5 Å². The van der Waals surface area contributed by atoms with Crippen LogP contribution in [0.3, 0.4) is 0 Å². The molecule has 20 heavy (non-hydrogen) atoms. The molecule has 1 fully saturated rings. The number of likely N-dealkylation sites (N-methyl/N-ethyl adjacent to an activating group) is 1. The summed E-state index contributed by atoms with van der Waals surface area (Å²) in [7, 11) is 1.82. The smallest absolute Gasteiger partial charge is 0.236 e. The van der Waals surface area contributed by atoms with Crippen molar-refractivity contribution in [2.24, 2.45) is 0 Å². The van der Waals surface area contributed by atoms with Gasteiger partial charge in [0.25, 0.3) is 0 Å². The number of likely N-dealkylation sites (tertiary alicyclic amines) is 1. The van der Waals surface area contributed by atoms with E-state index in [1.54, 1.807) is 0 Å². The second kappa shape index (κ2) is 5.93. The Morgan fingerprint density at radius 3 is 2.90 bits per heavy atom. The van der Waals surface area contributed by atoms with Crippen molar-refractivity contribution in [3.05, 3.63) is 18.0 Å². The van der Waals surface area contributed by atoms with Gasteiger partial charge in [0.15, 0.2) is 0 Å². The highest BCUT2D eigenvalue weighted by Crippen LogP contribution is 2.21. The average Bonchev–Trinajstić information content (AvgIpc) is 2.95. The zero-order chi connectivity index (χ0) is 13.9. The zero-order valence-electron chi connectivity index (χ0n) is 12.1. The lowest BCUT2D eigenvalue weighted by Crippen LogP contribution is -2.50. The number of rotatable bonds is 3. The van der Waals surface area contributed by atoms with Gasteiger partial charge in [0.1, 0.15) is 0 Å². The van der Waals surface area contributed by atoms with Crippen molar-refractivity contribution in [2.45, 2.75) is 32.0 Å². The van der Waals surface area contributed by atoms with E-state index >= 15 is 0 Å². The first-order chi connectivity index (χ1) is 9.78. The number of amides is 1. The Bertz CT molecular complexity index is 464. The van der Waals surface area contributed by atoms with E-state index in [9.17, 15) is 4.79 Å². The third-order valence-corrected chi connectivity index (χ3v) is 4.43. The van der Waals surface area contributed by atoms with E-state index in [0.717, 1.165) is 45.6 Å². The minimum absolute atomic E-state index is 0.225. The van der Waals surface area contributed by atoms with Gasteiger partial charge in [0.2, 0.25) is 5.91 Å². The summed E-state index contributed by atoms with van der Waals surface area (Å²) in [6, 6.07) is 2.72. The third-order valence-electron chi connectivity index (χ3n) is 4.43. The van der Waals surface area contributed by atoms with Crippen molar-refractivity contribution in [3.8, 4) is 0 Å². The van der Waals surface area contributed by atoms with E-state index < -0.39 is 0 Å². The van der Waals surface area contributed by atoms with Crippen molar-refractivity contribution in [2.75, 3.05) is 33.2 Å². The number of nitrogens with one attached hydrogen (secondary N) is 1. The lowest BCUT2D eigenvalue weighted by molar-refractivity contribution is -0.131. The predicted octanol–water partition coefficient (Wildman–Crippen LogP) is -0.0909. The summed E-state index contributed by atoms with van der Waals surface area (Å²) in [5.74, 6) is 0.225. The fourth-order valence-electron chi connectivity index (χ4n) is 3.26. The molecule has 110 valence electrons. The molecule has 1 saturated heterocycles. The van der Waals surface area contributed by atoms with Gasteiger partial charge in [-0.05, 0) is 26.0 Å². The third kappa shape index (κ3) is 2.71. The minimum Gasteiger partial charge on any atom is -0.341 e. The standard InChI is InChI=1S/C14H23N5O/c1-15-10-14(20)17-6-3-12(4-7-17)18-8-9-19-13(11-18)2-5-16-19/h2,5,12,15H,3-4,6-11H2,1H3. The Hall–Kier alpha value is -1.40. The molecule has 0 radical (unpaired) electrons. The molecular weight excluding hydrogens is 254 g/mol. The highest BCUT2D eigenvalue weighted by Gasteiger charge is 2.28. The second-order valence-corrected chi connectivity index (χ2v) is 5.66. The number of aromatic nitrogens is 2. The van der Waals surface area contributed by atoms with Crippen LogP contribution in [0, 0.1) is 0 Å². The Labute approximate surface area is 119 Å². The van der Waals surface area contributed by atoms with Crippen LogP contribution in [-0.4, -0.2) is 64.8 Å². The van der Waals surface area contributed by atoms with Gasteiger partial charge in [0, 0.05) is 38.4 Å². The molecule has 0 saturated carbocycles. The second-order valence-electron chi connectivity index (χ2n) is 5.66. The van der Waals surface area contributed by atoms with Gasteiger partial charge in [-0.1, -0.05) is 0 Å². The molecule has 0 atom stereocenters. The molecule has 1 aromatic rings. The van der Waals surface area contributed by atoms with Crippen molar-refractivity contribution < 1.29 is 4.79 Å². The molecule has 0 unspecified atom stereocenters. The monoisotopic (exact) mass is 277 g/mol. The number of carbonyl (C=O) groups is 1. The number of hydrogen-bond donors (Lipinski definition) is 1. The highest BCUT2D eigenvalue weighted by molar-refractivity contribution is 5.78. The molecular formula is C14H23N5O. The van der Waals surface area contributed by atoms with Crippen molar-refractivity contribution >= 4 is 5.91 Å². The maximum absolute atomic E-state index is 11.8. The Kier molecular flexibility index (Phi) is 4.03. The van der Waals surface area contributed by atoms with E-state index in [-0.39, 0.29) is 5.91 Å². The Balaban J connectivity index is 1.53. The molecule has 0 bridgehead atoms. The van der Waals surface area contributed by atoms with Crippen LogP contribution in [0.25, 0.3) is 0 Å². The SMILES string of the molecule is CNCC(=O)N1CCC(N2CCn3nccc3C2)CC1. The zero-order valence-corrected chi connectivity index (χ0v) is 12.1. The van der Waals surface area contributed by atoms with Crippen LogP contribution in [0.4, 0.5) is 0 Å². The molecule has 6 nitrogen and oxygen atoms in total. The molecule has 0 aromatic carbocycles. The van der Waals surface area contributed by atoms with Crippen LogP contribution in [0.15, 0.2) is 12.3 Å². The largest absolute Gasteiger partial charge is 0.341 e. The Morgan fingerprint density at radius 1 is 1.35 bits per heavy atom. The van der Waals surface area contributed by atoms with Gasteiger partial charge in [-0.2, -0.15) is 5.10 Å². The van der Waals surface area contributed by atoms with Crippen molar-refractivity contribution in [1.29, 1.82) is 0 Å². The number of nitrogens with zero attached hydrogens (tertiary/aromatic N) is 4. The van der Waals surface area contributed by atoms with E-state index in [0.29, 0.717) is 12.6 Å². The summed E-state index contributed by atoms with van der Waals surface area (Å²) in [4.78, 5) is 16.4. The van der Waals surface area contributed by atoms with E-state index in [4.69, 9.17) is 0 Å². The summed E-state index contributed by atoms with van der Waals surface area (Å²) >= 11 is 0. The summed E-state index contributed by atoms with van der Waals surface area (Å²) in [5.41, 5.74) is 1.31. The first kappa shape index (κ1) is 13.6. The molecule has 2 aliphatic heterocycles. The maximum atomic E-state index is 11.8. The van der Waals surface area contributed by atoms with Crippen LogP contribution >= 0.6 is 0 Å². The van der Waals surface area contributed by atoms with Gasteiger partial charge < -0.3 is 10.2 Å². The Morgan fingerprint density at radius 2 is 2.15 bits per heavy atom. The number of piperidine rings is 1. The van der Waals surface area contributed by atoms with Gasteiger partial charge >= 0.3 is 0 Å². The quantitative estimate of drug-likeness (QED) is 0.839. The molecule has 2 aliphatic rings. The maximum Gasteiger partial charge on any atom is 0.236 e. The molecule has 1 amide bonds. The normalized spacial score (nSPS) is 20.9. The molecule has 6 heteroatoms. The number of hydrogen-bond acceptors (Lipinski definition) is 4. The van der Waals surface area contributed by atoms with Gasteiger partial charge in [-0.25, -0.2) is 0 Å². The van der Waals surface area contributed by atoms with Crippen LogP contribution < -0.4 is 5.32 Å². The summed E-state index contributed by atoms with van der Waals surface area (Å²) < 4.78 is 2.10. The number of carbonyl (C=O) groups excluding carboxylic acids is 1. The first-order valence-electron chi connectivity index (χ1n) is 7.45. The topological polar surface area (TPSA) is 53.4 Å². The molecule has 1 aromatic heterocycles. The van der Waals surface area contributed by atoms with E-state index in [1.807, 2.05) is 18.1 Å². The van der Waals surface area contributed by atoms with Crippen LogP contribution in [0.5, 0.6) is 0 Å². The molecule has 1 N–H and O–H groups in total. The average molecular weight is 277 g/mol. The summed E-state index contributed by atoms with van der Waals surface area (Å²) in [5, 5.41) is 7.26. The molecule has 0 spiro atoms. The van der Waals surface area contributed by atoms with Crippen molar-refractivity contribution in [1.82, 2.24) is 24.9 Å².